The molecule has 0 heterocycles. The zero-order valence-corrected chi connectivity index (χ0v) is 11.1. The number of hydrogen-bond acceptors (Lipinski definition) is 2. The monoisotopic (exact) mass is 235 g/mol. The standard InChI is InChI=1S/C15H25NO/c1-3-5-6-7-12-17-14-10-8-13(9-11-14)15(16)4-2/h8-11,15H,3-7,12,16H2,1-2H3/t15-/m1/s1. The topological polar surface area (TPSA) is 35.2 Å². The van der Waals surface area contributed by atoms with E-state index in [2.05, 4.69) is 26.0 Å². The van der Waals surface area contributed by atoms with Gasteiger partial charge in [-0.2, -0.15) is 0 Å². The van der Waals surface area contributed by atoms with E-state index in [0.29, 0.717) is 0 Å². The molecule has 0 aliphatic heterocycles. The van der Waals surface area contributed by atoms with Crippen LogP contribution < -0.4 is 10.5 Å². The Balaban J connectivity index is 2.30. The first-order valence-corrected chi connectivity index (χ1v) is 6.76. The summed E-state index contributed by atoms with van der Waals surface area (Å²) in [4.78, 5) is 0. The molecule has 1 aromatic carbocycles. The number of hydrogen-bond donors (Lipinski definition) is 1. The van der Waals surface area contributed by atoms with Gasteiger partial charge in [-0.15, -0.1) is 0 Å². The van der Waals surface area contributed by atoms with Crippen molar-refractivity contribution < 1.29 is 4.74 Å². The van der Waals surface area contributed by atoms with Gasteiger partial charge in [0.2, 0.25) is 0 Å². The predicted molar refractivity (Wildman–Crippen MR) is 73.3 cm³/mol. The minimum Gasteiger partial charge on any atom is -0.494 e. The Kier molecular flexibility index (Phi) is 6.71. The van der Waals surface area contributed by atoms with Crippen LogP contribution in [0.2, 0.25) is 0 Å². The van der Waals surface area contributed by atoms with E-state index in [1.807, 2.05) is 12.1 Å². The van der Waals surface area contributed by atoms with Crippen molar-refractivity contribution in [3.05, 3.63) is 29.8 Å². The predicted octanol–water partition coefficient (Wildman–Crippen LogP) is 4.06. The molecule has 1 aromatic rings. The fourth-order valence-electron chi connectivity index (χ4n) is 1.77. The van der Waals surface area contributed by atoms with E-state index in [0.717, 1.165) is 25.2 Å². The molecule has 0 radical (unpaired) electrons. The van der Waals surface area contributed by atoms with Crippen molar-refractivity contribution in [2.24, 2.45) is 5.73 Å². The lowest BCUT2D eigenvalue weighted by Crippen LogP contribution is -2.08. The Morgan fingerprint density at radius 2 is 1.76 bits per heavy atom. The highest BCUT2D eigenvalue weighted by Crippen LogP contribution is 2.18. The van der Waals surface area contributed by atoms with Crippen molar-refractivity contribution in [1.82, 2.24) is 0 Å². The number of ether oxygens (including phenoxy) is 1. The molecular formula is C15H25NO. The number of unbranched alkanes of at least 4 members (excludes halogenated alkanes) is 3. The third-order valence-electron chi connectivity index (χ3n) is 3.01. The molecule has 0 aliphatic carbocycles. The van der Waals surface area contributed by atoms with Gasteiger partial charge in [0.25, 0.3) is 0 Å². The van der Waals surface area contributed by atoms with Gasteiger partial charge in [0.1, 0.15) is 5.75 Å². The second-order valence-electron chi connectivity index (χ2n) is 4.49. The minimum absolute atomic E-state index is 0.147. The average Bonchev–Trinajstić information content (AvgIpc) is 2.38. The van der Waals surface area contributed by atoms with E-state index in [4.69, 9.17) is 10.5 Å². The van der Waals surface area contributed by atoms with Crippen LogP contribution in [-0.2, 0) is 0 Å². The van der Waals surface area contributed by atoms with Crippen LogP contribution in [0.1, 0.15) is 57.6 Å². The van der Waals surface area contributed by atoms with Crippen LogP contribution in [0.3, 0.4) is 0 Å². The first-order valence-electron chi connectivity index (χ1n) is 6.76. The van der Waals surface area contributed by atoms with Crippen molar-refractivity contribution in [3.63, 3.8) is 0 Å². The van der Waals surface area contributed by atoms with Crippen molar-refractivity contribution in [1.29, 1.82) is 0 Å². The van der Waals surface area contributed by atoms with Gasteiger partial charge in [0.05, 0.1) is 6.61 Å². The Morgan fingerprint density at radius 3 is 2.35 bits per heavy atom. The van der Waals surface area contributed by atoms with Crippen molar-refractivity contribution in [3.8, 4) is 5.75 Å². The molecule has 1 rings (SSSR count). The molecule has 0 fully saturated rings. The third-order valence-corrected chi connectivity index (χ3v) is 3.01. The molecule has 17 heavy (non-hydrogen) atoms. The summed E-state index contributed by atoms with van der Waals surface area (Å²) in [7, 11) is 0. The number of rotatable bonds is 8. The lowest BCUT2D eigenvalue weighted by Gasteiger charge is -2.10. The molecule has 0 amide bonds. The van der Waals surface area contributed by atoms with Gasteiger partial charge in [-0.05, 0) is 30.5 Å². The Hall–Kier alpha value is -1.02. The summed E-state index contributed by atoms with van der Waals surface area (Å²) in [6.07, 6.45) is 5.94. The average molecular weight is 235 g/mol. The molecule has 0 aliphatic rings. The summed E-state index contributed by atoms with van der Waals surface area (Å²) in [5, 5.41) is 0. The molecule has 2 heteroatoms. The summed E-state index contributed by atoms with van der Waals surface area (Å²) in [5.41, 5.74) is 7.14. The summed E-state index contributed by atoms with van der Waals surface area (Å²) >= 11 is 0. The van der Waals surface area contributed by atoms with E-state index in [1.165, 1.54) is 24.8 Å². The lowest BCUT2D eigenvalue weighted by molar-refractivity contribution is 0.305. The Morgan fingerprint density at radius 1 is 1.06 bits per heavy atom. The molecule has 2 N–H and O–H groups in total. The van der Waals surface area contributed by atoms with Gasteiger partial charge >= 0.3 is 0 Å². The lowest BCUT2D eigenvalue weighted by atomic mass is 10.1. The maximum absolute atomic E-state index is 5.96. The van der Waals surface area contributed by atoms with E-state index in [9.17, 15) is 0 Å². The van der Waals surface area contributed by atoms with Crippen LogP contribution in [0, 0.1) is 0 Å². The van der Waals surface area contributed by atoms with E-state index in [1.54, 1.807) is 0 Å². The molecular weight excluding hydrogens is 210 g/mol. The van der Waals surface area contributed by atoms with E-state index >= 15 is 0 Å². The molecule has 0 saturated carbocycles. The van der Waals surface area contributed by atoms with Gasteiger partial charge in [-0.1, -0.05) is 45.2 Å². The Bertz CT molecular complexity index is 294. The van der Waals surface area contributed by atoms with E-state index < -0.39 is 0 Å². The molecule has 0 spiro atoms. The van der Waals surface area contributed by atoms with Crippen LogP contribution in [0.15, 0.2) is 24.3 Å². The second-order valence-corrected chi connectivity index (χ2v) is 4.49. The highest BCUT2D eigenvalue weighted by atomic mass is 16.5. The van der Waals surface area contributed by atoms with Crippen LogP contribution in [0.4, 0.5) is 0 Å². The molecule has 0 saturated heterocycles. The molecule has 1 atom stereocenters. The van der Waals surface area contributed by atoms with Gasteiger partial charge in [0.15, 0.2) is 0 Å². The smallest absolute Gasteiger partial charge is 0.119 e. The quantitative estimate of drug-likeness (QED) is 0.690. The summed E-state index contributed by atoms with van der Waals surface area (Å²) in [6.45, 7) is 5.14. The number of nitrogens with two attached hydrogens (primary N) is 1. The maximum atomic E-state index is 5.96. The first-order chi connectivity index (χ1) is 8.27. The fraction of sp³-hybridized carbons (Fsp3) is 0.600. The highest BCUT2D eigenvalue weighted by Gasteiger charge is 2.02. The molecule has 0 aromatic heterocycles. The second kappa shape index (κ2) is 8.13. The zero-order chi connectivity index (χ0) is 12.5. The largest absolute Gasteiger partial charge is 0.494 e. The molecule has 2 nitrogen and oxygen atoms in total. The van der Waals surface area contributed by atoms with Crippen molar-refractivity contribution in [2.45, 2.75) is 52.0 Å². The van der Waals surface area contributed by atoms with Gasteiger partial charge in [-0.3, -0.25) is 0 Å². The Labute approximate surface area is 105 Å². The highest BCUT2D eigenvalue weighted by molar-refractivity contribution is 5.28. The van der Waals surface area contributed by atoms with Gasteiger partial charge in [-0.25, -0.2) is 0 Å². The first kappa shape index (κ1) is 14.0. The normalized spacial score (nSPS) is 12.4. The third kappa shape index (κ3) is 5.22. The number of benzene rings is 1. The summed E-state index contributed by atoms with van der Waals surface area (Å²) in [5.74, 6) is 0.952. The van der Waals surface area contributed by atoms with Gasteiger partial charge < -0.3 is 10.5 Å². The fourth-order valence-corrected chi connectivity index (χ4v) is 1.77. The van der Waals surface area contributed by atoms with Crippen molar-refractivity contribution >= 4 is 0 Å². The van der Waals surface area contributed by atoms with Crippen LogP contribution >= 0.6 is 0 Å². The van der Waals surface area contributed by atoms with Crippen molar-refractivity contribution in [2.75, 3.05) is 6.61 Å². The van der Waals surface area contributed by atoms with E-state index in [-0.39, 0.29) is 6.04 Å². The summed E-state index contributed by atoms with van der Waals surface area (Å²) in [6, 6.07) is 8.31. The molecule has 0 unspecified atom stereocenters. The maximum Gasteiger partial charge on any atom is 0.119 e. The van der Waals surface area contributed by atoms with Crippen LogP contribution in [0.25, 0.3) is 0 Å². The zero-order valence-electron chi connectivity index (χ0n) is 11.1. The SMILES string of the molecule is CCCCCCOc1ccc([C@H](N)CC)cc1. The van der Waals surface area contributed by atoms with Crippen LogP contribution in [-0.4, -0.2) is 6.61 Å². The van der Waals surface area contributed by atoms with Crippen LogP contribution in [0.5, 0.6) is 5.75 Å². The molecule has 96 valence electrons. The van der Waals surface area contributed by atoms with Gasteiger partial charge in [0, 0.05) is 6.04 Å². The minimum atomic E-state index is 0.147. The summed E-state index contributed by atoms with van der Waals surface area (Å²) < 4.78 is 5.68. The molecule has 0 bridgehead atoms.